The Morgan fingerprint density at radius 1 is 1.28 bits per heavy atom. The van der Waals surface area contributed by atoms with Crippen LogP contribution in [-0.4, -0.2) is 62.0 Å². The monoisotopic (exact) mass is 259 g/mol. The maximum absolute atomic E-state index is 10.9. The third kappa shape index (κ3) is 6.33. The van der Waals surface area contributed by atoms with Crippen LogP contribution >= 0.6 is 0 Å². The number of ether oxygens (including phenoxy) is 2. The lowest BCUT2D eigenvalue weighted by Crippen LogP contribution is -2.38. The molecule has 0 heterocycles. The highest BCUT2D eigenvalue weighted by atomic mass is 16.5. The van der Waals surface area contributed by atoms with Crippen molar-refractivity contribution in [2.75, 3.05) is 40.0 Å². The first-order chi connectivity index (χ1) is 8.74. The van der Waals surface area contributed by atoms with Crippen LogP contribution in [0.1, 0.15) is 32.1 Å². The second kappa shape index (κ2) is 9.30. The Balaban J connectivity index is 2.17. The first kappa shape index (κ1) is 15.4. The number of nitrogens with zero attached hydrogens (tertiary/aromatic N) is 1. The molecule has 5 nitrogen and oxygen atoms in total. The van der Waals surface area contributed by atoms with E-state index in [0.29, 0.717) is 25.9 Å². The van der Waals surface area contributed by atoms with Crippen LogP contribution in [-0.2, 0) is 14.3 Å². The SMILES string of the molecule is COCCOCCCN(CC(=O)O)C1CCCC1. The van der Waals surface area contributed by atoms with Crippen LogP contribution in [0.15, 0.2) is 0 Å². The normalized spacial score (nSPS) is 16.6. The van der Waals surface area contributed by atoms with Gasteiger partial charge in [-0.2, -0.15) is 0 Å². The molecule has 0 saturated heterocycles. The predicted molar refractivity (Wildman–Crippen MR) is 68.8 cm³/mol. The van der Waals surface area contributed by atoms with Gasteiger partial charge in [0.15, 0.2) is 0 Å². The van der Waals surface area contributed by atoms with Crippen LogP contribution in [0, 0.1) is 0 Å². The van der Waals surface area contributed by atoms with Crippen LogP contribution < -0.4 is 0 Å². The van der Waals surface area contributed by atoms with Crippen molar-refractivity contribution in [1.82, 2.24) is 4.90 Å². The molecule has 0 aromatic rings. The minimum atomic E-state index is -0.734. The molecule has 5 heteroatoms. The fourth-order valence-corrected chi connectivity index (χ4v) is 2.45. The van der Waals surface area contributed by atoms with Gasteiger partial charge in [0.05, 0.1) is 19.8 Å². The Morgan fingerprint density at radius 3 is 2.61 bits per heavy atom. The summed E-state index contributed by atoms with van der Waals surface area (Å²) in [5.74, 6) is -0.734. The molecular formula is C13H25NO4. The average Bonchev–Trinajstić information content (AvgIpc) is 2.85. The van der Waals surface area contributed by atoms with E-state index in [-0.39, 0.29) is 6.54 Å². The predicted octanol–water partition coefficient (Wildman–Crippen LogP) is 1.37. The number of hydrogen-bond acceptors (Lipinski definition) is 4. The minimum absolute atomic E-state index is 0.155. The molecule has 1 aliphatic rings. The maximum Gasteiger partial charge on any atom is 0.317 e. The quantitative estimate of drug-likeness (QED) is 0.600. The van der Waals surface area contributed by atoms with Gasteiger partial charge in [-0.25, -0.2) is 0 Å². The zero-order valence-electron chi connectivity index (χ0n) is 11.3. The highest BCUT2D eigenvalue weighted by molar-refractivity contribution is 5.69. The summed E-state index contributed by atoms with van der Waals surface area (Å²) >= 11 is 0. The first-order valence-electron chi connectivity index (χ1n) is 6.76. The Bertz CT molecular complexity index is 229. The van der Waals surface area contributed by atoms with Gasteiger partial charge in [0.1, 0.15) is 0 Å². The van der Waals surface area contributed by atoms with Crippen molar-refractivity contribution in [3.8, 4) is 0 Å². The summed E-state index contributed by atoms with van der Waals surface area (Å²) in [7, 11) is 1.65. The van der Waals surface area contributed by atoms with Gasteiger partial charge in [-0.1, -0.05) is 12.8 Å². The molecular weight excluding hydrogens is 234 g/mol. The van der Waals surface area contributed by atoms with Gasteiger partial charge >= 0.3 is 5.97 Å². The molecule has 0 unspecified atom stereocenters. The number of carboxylic acids is 1. The standard InChI is InChI=1S/C13H25NO4/c1-17-9-10-18-8-4-7-14(11-13(15)16)12-5-2-3-6-12/h12H,2-11H2,1H3,(H,15,16). The molecule has 0 aromatic heterocycles. The van der Waals surface area contributed by atoms with E-state index < -0.39 is 5.97 Å². The average molecular weight is 259 g/mol. The molecule has 106 valence electrons. The lowest BCUT2D eigenvalue weighted by molar-refractivity contribution is -0.139. The van der Waals surface area contributed by atoms with Gasteiger partial charge in [0, 0.05) is 26.3 Å². The van der Waals surface area contributed by atoms with Crippen molar-refractivity contribution in [1.29, 1.82) is 0 Å². The van der Waals surface area contributed by atoms with Crippen molar-refractivity contribution in [3.05, 3.63) is 0 Å². The molecule has 1 saturated carbocycles. The van der Waals surface area contributed by atoms with E-state index in [1.54, 1.807) is 7.11 Å². The molecule has 1 N–H and O–H groups in total. The minimum Gasteiger partial charge on any atom is -0.480 e. The zero-order chi connectivity index (χ0) is 13.2. The number of methoxy groups -OCH3 is 1. The van der Waals surface area contributed by atoms with Gasteiger partial charge in [-0.05, 0) is 19.3 Å². The Labute approximate surface area is 109 Å². The highest BCUT2D eigenvalue weighted by Gasteiger charge is 2.23. The van der Waals surface area contributed by atoms with E-state index in [4.69, 9.17) is 14.6 Å². The molecule has 0 amide bonds. The Morgan fingerprint density at radius 2 is 2.00 bits per heavy atom. The van der Waals surface area contributed by atoms with Crippen molar-refractivity contribution in [2.24, 2.45) is 0 Å². The number of hydrogen-bond donors (Lipinski definition) is 1. The second-order valence-electron chi connectivity index (χ2n) is 4.76. The van der Waals surface area contributed by atoms with Gasteiger partial charge in [0.2, 0.25) is 0 Å². The van der Waals surface area contributed by atoms with Crippen LogP contribution in [0.5, 0.6) is 0 Å². The van der Waals surface area contributed by atoms with E-state index >= 15 is 0 Å². The zero-order valence-corrected chi connectivity index (χ0v) is 11.3. The lowest BCUT2D eigenvalue weighted by Gasteiger charge is -2.26. The molecule has 0 bridgehead atoms. The third-order valence-electron chi connectivity index (χ3n) is 3.35. The molecule has 0 aliphatic heterocycles. The summed E-state index contributed by atoms with van der Waals surface area (Å²) < 4.78 is 10.3. The highest BCUT2D eigenvalue weighted by Crippen LogP contribution is 2.23. The fourth-order valence-electron chi connectivity index (χ4n) is 2.45. The van der Waals surface area contributed by atoms with Gasteiger partial charge in [0.25, 0.3) is 0 Å². The molecule has 1 rings (SSSR count). The van der Waals surface area contributed by atoms with Crippen LogP contribution in [0.3, 0.4) is 0 Å². The summed E-state index contributed by atoms with van der Waals surface area (Å²) in [6.45, 7) is 2.86. The smallest absolute Gasteiger partial charge is 0.317 e. The summed E-state index contributed by atoms with van der Waals surface area (Å²) in [5.41, 5.74) is 0. The fraction of sp³-hybridized carbons (Fsp3) is 0.923. The van der Waals surface area contributed by atoms with E-state index in [9.17, 15) is 4.79 Å². The van der Waals surface area contributed by atoms with Crippen molar-refractivity contribution < 1.29 is 19.4 Å². The Hall–Kier alpha value is -0.650. The van der Waals surface area contributed by atoms with Gasteiger partial charge in [-0.15, -0.1) is 0 Å². The maximum atomic E-state index is 10.9. The summed E-state index contributed by atoms with van der Waals surface area (Å²) in [6.07, 6.45) is 5.61. The van der Waals surface area contributed by atoms with Crippen LogP contribution in [0.25, 0.3) is 0 Å². The van der Waals surface area contributed by atoms with Crippen molar-refractivity contribution in [2.45, 2.75) is 38.1 Å². The number of carboxylic acid groups (broad SMARTS) is 1. The van der Waals surface area contributed by atoms with Crippen molar-refractivity contribution >= 4 is 5.97 Å². The first-order valence-corrected chi connectivity index (χ1v) is 6.76. The van der Waals surface area contributed by atoms with Gasteiger partial charge in [-0.3, -0.25) is 9.69 Å². The van der Waals surface area contributed by atoms with Crippen LogP contribution in [0.4, 0.5) is 0 Å². The second-order valence-corrected chi connectivity index (χ2v) is 4.76. The largest absolute Gasteiger partial charge is 0.480 e. The number of carbonyl (C=O) groups is 1. The van der Waals surface area contributed by atoms with Crippen molar-refractivity contribution in [3.63, 3.8) is 0 Å². The topological polar surface area (TPSA) is 59.0 Å². The molecule has 18 heavy (non-hydrogen) atoms. The molecule has 0 radical (unpaired) electrons. The van der Waals surface area contributed by atoms with E-state index in [1.165, 1.54) is 12.8 Å². The van der Waals surface area contributed by atoms with E-state index in [2.05, 4.69) is 4.90 Å². The van der Waals surface area contributed by atoms with Crippen LogP contribution in [0.2, 0.25) is 0 Å². The number of aliphatic carboxylic acids is 1. The molecule has 1 fully saturated rings. The van der Waals surface area contributed by atoms with Gasteiger partial charge < -0.3 is 14.6 Å². The molecule has 0 atom stereocenters. The lowest BCUT2D eigenvalue weighted by atomic mass is 10.2. The summed E-state index contributed by atoms with van der Waals surface area (Å²) in [4.78, 5) is 12.9. The molecule has 0 aromatic carbocycles. The summed E-state index contributed by atoms with van der Waals surface area (Å²) in [5, 5.41) is 8.93. The summed E-state index contributed by atoms with van der Waals surface area (Å²) in [6, 6.07) is 0.458. The Kier molecular flexibility index (Phi) is 7.96. The molecule has 0 spiro atoms. The molecule has 1 aliphatic carbocycles. The number of rotatable bonds is 10. The van der Waals surface area contributed by atoms with E-state index in [0.717, 1.165) is 25.8 Å². The van der Waals surface area contributed by atoms with E-state index in [1.807, 2.05) is 0 Å². The third-order valence-corrected chi connectivity index (χ3v) is 3.35.